The highest BCUT2D eigenvalue weighted by Gasteiger charge is 2.21. The lowest BCUT2D eigenvalue weighted by atomic mass is 10.2. The highest BCUT2D eigenvalue weighted by atomic mass is 35.5. The molecule has 22 heavy (non-hydrogen) atoms. The predicted octanol–water partition coefficient (Wildman–Crippen LogP) is 3.28. The average molecular weight is 322 g/mol. The Labute approximate surface area is 133 Å². The average Bonchev–Trinajstić information content (AvgIpc) is 2.97. The third kappa shape index (κ3) is 3.68. The van der Waals surface area contributed by atoms with Crippen molar-refractivity contribution >= 4 is 23.5 Å². The normalized spacial score (nSPS) is 11.8. The van der Waals surface area contributed by atoms with Gasteiger partial charge >= 0.3 is 5.97 Å². The number of ether oxygens (including phenoxy) is 1. The molecular weight excluding hydrogens is 306 g/mol. The highest BCUT2D eigenvalue weighted by Crippen LogP contribution is 2.29. The second-order valence-electron chi connectivity index (χ2n) is 4.59. The summed E-state index contributed by atoms with van der Waals surface area (Å²) in [5, 5.41) is 3.10. The van der Waals surface area contributed by atoms with Crippen LogP contribution in [0.5, 0.6) is 0 Å². The molecule has 0 unspecified atom stereocenters. The third-order valence-electron chi connectivity index (χ3n) is 2.95. The molecule has 5 nitrogen and oxygen atoms in total. The Kier molecular flexibility index (Phi) is 5.22. The van der Waals surface area contributed by atoms with Crippen LogP contribution >= 0.6 is 11.6 Å². The van der Waals surface area contributed by atoms with Crippen LogP contribution in [0.3, 0.4) is 0 Å². The number of hydrogen-bond donors (Lipinski definition) is 1. The Morgan fingerprint density at radius 3 is 2.68 bits per heavy atom. The zero-order valence-electron chi connectivity index (χ0n) is 12.3. The van der Waals surface area contributed by atoms with Gasteiger partial charge in [0.05, 0.1) is 5.02 Å². The maximum absolute atomic E-state index is 12.0. The van der Waals surface area contributed by atoms with Gasteiger partial charge in [0.25, 0.3) is 5.91 Å². The van der Waals surface area contributed by atoms with Crippen LogP contribution in [-0.2, 0) is 9.53 Å². The van der Waals surface area contributed by atoms with E-state index in [1.165, 1.54) is 13.0 Å². The maximum Gasteiger partial charge on any atom is 0.375 e. The molecule has 0 aliphatic heterocycles. The van der Waals surface area contributed by atoms with Crippen molar-refractivity contribution in [2.24, 2.45) is 0 Å². The number of esters is 1. The Hall–Kier alpha value is -2.27. The highest BCUT2D eigenvalue weighted by molar-refractivity contribution is 6.33. The number of furan rings is 1. The van der Waals surface area contributed by atoms with Crippen LogP contribution in [0, 0.1) is 0 Å². The molecule has 0 aliphatic rings. The van der Waals surface area contributed by atoms with Gasteiger partial charge in [0.15, 0.2) is 6.10 Å². The molecule has 1 amide bonds. The van der Waals surface area contributed by atoms with E-state index in [9.17, 15) is 9.59 Å². The van der Waals surface area contributed by atoms with Gasteiger partial charge in [-0.25, -0.2) is 4.79 Å². The summed E-state index contributed by atoms with van der Waals surface area (Å²) in [7, 11) is 0. The van der Waals surface area contributed by atoms with Crippen LogP contribution in [0.1, 0.15) is 24.4 Å². The lowest BCUT2D eigenvalue weighted by Gasteiger charge is -2.11. The van der Waals surface area contributed by atoms with E-state index >= 15 is 0 Å². The van der Waals surface area contributed by atoms with Crippen molar-refractivity contribution in [2.45, 2.75) is 20.0 Å². The van der Waals surface area contributed by atoms with E-state index in [1.807, 2.05) is 6.07 Å². The molecule has 0 saturated heterocycles. The van der Waals surface area contributed by atoms with Crippen LogP contribution in [-0.4, -0.2) is 24.5 Å². The fraction of sp³-hybridized carbons (Fsp3) is 0.250. The predicted molar refractivity (Wildman–Crippen MR) is 82.7 cm³/mol. The fourth-order valence-electron chi connectivity index (χ4n) is 1.84. The van der Waals surface area contributed by atoms with Crippen molar-refractivity contribution in [2.75, 3.05) is 6.54 Å². The molecule has 1 heterocycles. The van der Waals surface area contributed by atoms with Crippen molar-refractivity contribution < 1.29 is 18.7 Å². The van der Waals surface area contributed by atoms with E-state index in [-0.39, 0.29) is 11.7 Å². The largest absolute Gasteiger partial charge is 0.449 e. The molecule has 0 aliphatic carbocycles. The molecule has 1 atom stereocenters. The minimum Gasteiger partial charge on any atom is -0.449 e. The maximum atomic E-state index is 12.0. The van der Waals surface area contributed by atoms with Crippen LogP contribution in [0.4, 0.5) is 0 Å². The zero-order valence-corrected chi connectivity index (χ0v) is 13.0. The molecule has 0 bridgehead atoms. The van der Waals surface area contributed by atoms with Crippen LogP contribution < -0.4 is 5.32 Å². The standard InChI is InChI=1S/C16H16ClNO4/c1-3-18-15(19)10(2)21-16(20)14-9-8-13(22-14)11-6-4-5-7-12(11)17/h4-10H,3H2,1-2H3,(H,18,19)/t10-/m1/s1. The molecule has 0 spiro atoms. The van der Waals surface area contributed by atoms with Gasteiger partial charge in [-0.15, -0.1) is 0 Å². The molecule has 0 fully saturated rings. The van der Waals surface area contributed by atoms with Gasteiger partial charge < -0.3 is 14.5 Å². The number of halogens is 1. The molecule has 116 valence electrons. The lowest BCUT2D eigenvalue weighted by molar-refractivity contribution is -0.129. The molecule has 2 rings (SSSR count). The summed E-state index contributed by atoms with van der Waals surface area (Å²) in [4.78, 5) is 23.5. The number of likely N-dealkylation sites (N-methyl/N-ethyl adjacent to an activating group) is 1. The van der Waals surface area contributed by atoms with E-state index in [4.69, 9.17) is 20.8 Å². The van der Waals surface area contributed by atoms with E-state index in [0.29, 0.717) is 22.9 Å². The molecule has 1 aromatic carbocycles. The first-order valence-corrected chi connectivity index (χ1v) is 7.24. The van der Waals surface area contributed by atoms with Crippen molar-refractivity contribution in [3.8, 4) is 11.3 Å². The van der Waals surface area contributed by atoms with Gasteiger partial charge in [0.2, 0.25) is 5.76 Å². The van der Waals surface area contributed by atoms with Crippen LogP contribution in [0.15, 0.2) is 40.8 Å². The molecule has 0 saturated carbocycles. The number of hydrogen-bond acceptors (Lipinski definition) is 4. The second-order valence-corrected chi connectivity index (χ2v) is 4.99. The summed E-state index contributed by atoms with van der Waals surface area (Å²) < 4.78 is 10.5. The molecule has 1 aromatic heterocycles. The first kappa shape index (κ1) is 16.1. The number of carbonyl (C=O) groups excluding carboxylic acids is 2. The molecule has 6 heteroatoms. The number of benzene rings is 1. The first-order valence-electron chi connectivity index (χ1n) is 6.86. The molecule has 1 N–H and O–H groups in total. The molecular formula is C16H16ClNO4. The van der Waals surface area contributed by atoms with E-state index in [1.54, 1.807) is 31.2 Å². The summed E-state index contributed by atoms with van der Waals surface area (Å²) in [6.45, 7) is 3.76. The Bertz CT molecular complexity index is 680. The van der Waals surface area contributed by atoms with Crippen LogP contribution in [0.25, 0.3) is 11.3 Å². The fourth-order valence-corrected chi connectivity index (χ4v) is 2.07. The van der Waals surface area contributed by atoms with Gasteiger partial charge in [-0.3, -0.25) is 4.79 Å². The zero-order chi connectivity index (χ0) is 16.1. The topological polar surface area (TPSA) is 68.5 Å². The minimum absolute atomic E-state index is 0.0195. The number of nitrogens with one attached hydrogen (secondary N) is 1. The third-order valence-corrected chi connectivity index (χ3v) is 3.28. The van der Waals surface area contributed by atoms with Gasteiger partial charge in [0, 0.05) is 12.1 Å². The first-order chi connectivity index (χ1) is 10.5. The summed E-state index contributed by atoms with van der Waals surface area (Å²) in [5.74, 6) is -0.569. The van der Waals surface area contributed by atoms with Crippen molar-refractivity contribution in [1.29, 1.82) is 0 Å². The van der Waals surface area contributed by atoms with Crippen LogP contribution in [0.2, 0.25) is 5.02 Å². The quantitative estimate of drug-likeness (QED) is 0.858. The van der Waals surface area contributed by atoms with Gasteiger partial charge in [-0.1, -0.05) is 23.7 Å². The second kappa shape index (κ2) is 7.13. The number of carbonyl (C=O) groups is 2. The van der Waals surface area contributed by atoms with E-state index in [2.05, 4.69) is 5.32 Å². The van der Waals surface area contributed by atoms with Crippen molar-refractivity contribution in [3.63, 3.8) is 0 Å². The van der Waals surface area contributed by atoms with Gasteiger partial charge in [-0.05, 0) is 38.1 Å². The smallest absolute Gasteiger partial charge is 0.375 e. The summed E-state index contributed by atoms with van der Waals surface area (Å²) in [5.41, 5.74) is 0.681. The number of amides is 1. The Balaban J connectivity index is 2.10. The van der Waals surface area contributed by atoms with Gasteiger partial charge in [0.1, 0.15) is 5.76 Å². The molecule has 0 radical (unpaired) electrons. The lowest BCUT2D eigenvalue weighted by Crippen LogP contribution is -2.35. The summed E-state index contributed by atoms with van der Waals surface area (Å²) in [6, 6.07) is 10.3. The minimum atomic E-state index is -0.888. The van der Waals surface area contributed by atoms with E-state index in [0.717, 1.165) is 0 Å². The Morgan fingerprint density at radius 2 is 2.00 bits per heavy atom. The van der Waals surface area contributed by atoms with Gasteiger partial charge in [-0.2, -0.15) is 0 Å². The van der Waals surface area contributed by atoms with E-state index < -0.39 is 12.1 Å². The Morgan fingerprint density at radius 1 is 1.27 bits per heavy atom. The molecule has 2 aromatic rings. The monoisotopic (exact) mass is 321 g/mol. The number of rotatable bonds is 5. The summed E-state index contributed by atoms with van der Waals surface area (Å²) >= 11 is 6.08. The SMILES string of the molecule is CCNC(=O)[C@@H](C)OC(=O)c1ccc(-c2ccccc2Cl)o1. The van der Waals surface area contributed by atoms with Crippen molar-refractivity contribution in [1.82, 2.24) is 5.32 Å². The van der Waals surface area contributed by atoms with Crippen molar-refractivity contribution in [3.05, 3.63) is 47.2 Å². The summed E-state index contributed by atoms with van der Waals surface area (Å²) in [6.07, 6.45) is -0.888.